The Morgan fingerprint density at radius 3 is 2.62 bits per heavy atom. The lowest BCUT2D eigenvalue weighted by Crippen LogP contribution is -2.35. The monoisotopic (exact) mass is 556 g/mol. The van der Waals surface area contributed by atoms with Crippen molar-refractivity contribution in [1.82, 2.24) is 4.90 Å². The molecule has 0 saturated carbocycles. The highest BCUT2D eigenvalue weighted by molar-refractivity contribution is 7.89. The van der Waals surface area contributed by atoms with Gasteiger partial charge in [-0.05, 0) is 54.8 Å². The summed E-state index contributed by atoms with van der Waals surface area (Å²) in [6.07, 6.45) is 3.94. The molecule has 2 N–H and O–H groups in total. The molecule has 2 aromatic carbocycles. The van der Waals surface area contributed by atoms with Gasteiger partial charge in [-0.3, -0.25) is 0 Å². The second kappa shape index (κ2) is 12.8. The van der Waals surface area contributed by atoms with E-state index in [1.807, 2.05) is 32.0 Å². The number of nitrogens with two attached hydrogens (primary N) is 1. The molecule has 210 valence electrons. The maximum atomic E-state index is 12.4. The number of amides is 1. The number of ether oxygens (including phenoxy) is 4. The van der Waals surface area contributed by atoms with Gasteiger partial charge in [0.05, 0.1) is 24.7 Å². The number of rotatable bonds is 11. The molecule has 1 fully saturated rings. The van der Waals surface area contributed by atoms with E-state index in [1.54, 1.807) is 17.0 Å². The SMILES string of the molecule is CC1(C)OCc2cc([C@@H]3CN(CCCCCCOCCC#Cc4ccc(S(N)(=O)=O)cc4)C(=O)O3)ccc2O1. The molecular formula is C29H36N2O7S. The van der Waals surface area contributed by atoms with Crippen LogP contribution in [0.5, 0.6) is 5.75 Å². The van der Waals surface area contributed by atoms with Crippen LogP contribution in [0.3, 0.4) is 0 Å². The number of carbonyl (C=O) groups is 1. The fraction of sp³-hybridized carbons (Fsp3) is 0.483. The molecule has 0 spiro atoms. The van der Waals surface area contributed by atoms with Crippen molar-refractivity contribution in [1.29, 1.82) is 0 Å². The van der Waals surface area contributed by atoms with Gasteiger partial charge in [-0.1, -0.05) is 30.7 Å². The third kappa shape index (κ3) is 8.44. The van der Waals surface area contributed by atoms with Gasteiger partial charge >= 0.3 is 6.09 Å². The molecule has 2 aromatic rings. The van der Waals surface area contributed by atoms with Crippen molar-refractivity contribution in [2.45, 2.75) is 69.3 Å². The molecule has 1 amide bonds. The number of hydrogen-bond donors (Lipinski definition) is 1. The summed E-state index contributed by atoms with van der Waals surface area (Å²) in [6.45, 7) is 6.68. The average Bonchev–Trinajstić information content (AvgIpc) is 3.26. The molecule has 2 aliphatic rings. The van der Waals surface area contributed by atoms with Crippen molar-refractivity contribution >= 4 is 16.1 Å². The summed E-state index contributed by atoms with van der Waals surface area (Å²) in [4.78, 5) is 14.2. The minimum atomic E-state index is -3.69. The summed E-state index contributed by atoms with van der Waals surface area (Å²) in [6, 6.07) is 12.1. The molecule has 2 aliphatic heterocycles. The fourth-order valence-corrected chi connectivity index (χ4v) is 4.92. The summed E-state index contributed by atoms with van der Waals surface area (Å²) in [7, 11) is -3.69. The quantitative estimate of drug-likeness (QED) is 0.320. The molecular weight excluding hydrogens is 520 g/mol. The van der Waals surface area contributed by atoms with Crippen molar-refractivity contribution in [2.24, 2.45) is 5.14 Å². The molecule has 4 rings (SSSR count). The average molecular weight is 557 g/mol. The number of unbranched alkanes of at least 4 members (excludes halogenated alkanes) is 3. The molecule has 9 nitrogen and oxygen atoms in total. The molecule has 2 heterocycles. The summed E-state index contributed by atoms with van der Waals surface area (Å²) in [5, 5.41) is 5.09. The predicted octanol–water partition coefficient (Wildman–Crippen LogP) is 4.49. The van der Waals surface area contributed by atoms with Crippen molar-refractivity contribution in [3.63, 3.8) is 0 Å². The number of benzene rings is 2. The van der Waals surface area contributed by atoms with E-state index in [0.29, 0.717) is 39.3 Å². The van der Waals surface area contributed by atoms with Gasteiger partial charge in [-0.2, -0.15) is 0 Å². The van der Waals surface area contributed by atoms with E-state index >= 15 is 0 Å². The van der Waals surface area contributed by atoms with Gasteiger partial charge in [-0.25, -0.2) is 18.4 Å². The first-order chi connectivity index (χ1) is 18.6. The van der Waals surface area contributed by atoms with E-state index < -0.39 is 15.8 Å². The van der Waals surface area contributed by atoms with Gasteiger partial charge in [0.1, 0.15) is 11.9 Å². The Kier molecular flexibility index (Phi) is 9.51. The van der Waals surface area contributed by atoms with Crippen LogP contribution in [0.15, 0.2) is 47.4 Å². The van der Waals surface area contributed by atoms with E-state index in [0.717, 1.165) is 48.1 Å². The van der Waals surface area contributed by atoms with Crippen LogP contribution in [0.1, 0.15) is 68.7 Å². The summed E-state index contributed by atoms with van der Waals surface area (Å²) in [5.74, 6) is 6.18. The molecule has 0 unspecified atom stereocenters. The highest BCUT2D eigenvalue weighted by atomic mass is 32.2. The van der Waals surface area contributed by atoms with E-state index in [4.69, 9.17) is 24.1 Å². The summed E-state index contributed by atoms with van der Waals surface area (Å²) < 4.78 is 45.4. The number of cyclic esters (lactones) is 1. The zero-order valence-corrected chi connectivity index (χ0v) is 23.3. The summed E-state index contributed by atoms with van der Waals surface area (Å²) in [5.41, 5.74) is 2.65. The fourth-order valence-electron chi connectivity index (χ4n) is 4.40. The third-order valence-electron chi connectivity index (χ3n) is 6.53. The Balaban J connectivity index is 1.06. The standard InChI is InChI=1S/C29H36N2O7S/c1-29(2)36-21-24-19-23(12-15-26(24)38-29)27-20-31(28(32)37-27)16-6-3-4-7-17-35-18-8-5-9-22-10-13-25(14-11-22)39(30,33)34/h10-15,19,27H,3-4,6-8,16-18,20-21H2,1-2H3,(H2,30,33,34)/t27-/m0/s1. The maximum Gasteiger partial charge on any atom is 0.410 e. The van der Waals surface area contributed by atoms with Gasteiger partial charge in [0, 0.05) is 44.5 Å². The normalized spacial score (nSPS) is 18.1. The lowest BCUT2D eigenvalue weighted by molar-refractivity contribution is -0.180. The van der Waals surface area contributed by atoms with Crippen molar-refractivity contribution in [3.05, 3.63) is 59.2 Å². The van der Waals surface area contributed by atoms with Crippen LogP contribution >= 0.6 is 0 Å². The van der Waals surface area contributed by atoms with Gasteiger partial charge in [-0.15, -0.1) is 0 Å². The summed E-state index contributed by atoms with van der Waals surface area (Å²) >= 11 is 0. The number of carbonyl (C=O) groups excluding carboxylic acids is 1. The predicted molar refractivity (Wildman–Crippen MR) is 145 cm³/mol. The van der Waals surface area contributed by atoms with Crippen LogP contribution in [-0.4, -0.2) is 51.5 Å². The molecule has 1 saturated heterocycles. The van der Waals surface area contributed by atoms with Gasteiger partial charge in [0.25, 0.3) is 0 Å². The van der Waals surface area contributed by atoms with E-state index in [-0.39, 0.29) is 17.1 Å². The second-order valence-electron chi connectivity index (χ2n) is 10.1. The molecule has 10 heteroatoms. The molecule has 39 heavy (non-hydrogen) atoms. The Bertz CT molecular complexity index is 1310. The first kappa shape index (κ1) is 28.9. The number of hydrogen-bond acceptors (Lipinski definition) is 7. The van der Waals surface area contributed by atoms with Crippen molar-refractivity contribution < 1.29 is 32.2 Å². The second-order valence-corrected chi connectivity index (χ2v) is 11.7. The highest BCUT2D eigenvalue weighted by Gasteiger charge is 2.33. The number of sulfonamides is 1. The van der Waals surface area contributed by atoms with E-state index in [9.17, 15) is 13.2 Å². The van der Waals surface area contributed by atoms with Crippen LogP contribution in [0, 0.1) is 11.8 Å². The van der Waals surface area contributed by atoms with Crippen LogP contribution in [0.4, 0.5) is 4.79 Å². The number of fused-ring (bicyclic) bond motifs is 1. The molecule has 0 aliphatic carbocycles. The van der Waals surface area contributed by atoms with Crippen molar-refractivity contribution in [3.8, 4) is 17.6 Å². The minimum Gasteiger partial charge on any atom is -0.463 e. The Labute approximate surface area is 230 Å². The Morgan fingerprint density at radius 1 is 1.08 bits per heavy atom. The zero-order chi connectivity index (χ0) is 27.9. The molecule has 0 radical (unpaired) electrons. The topological polar surface area (TPSA) is 117 Å². The largest absolute Gasteiger partial charge is 0.463 e. The van der Waals surface area contributed by atoms with E-state index in [2.05, 4.69) is 11.8 Å². The van der Waals surface area contributed by atoms with Crippen LogP contribution in [-0.2, 0) is 30.8 Å². The lowest BCUT2D eigenvalue weighted by Gasteiger charge is -2.32. The molecule has 0 aromatic heterocycles. The van der Waals surface area contributed by atoms with Crippen LogP contribution in [0.25, 0.3) is 0 Å². The van der Waals surface area contributed by atoms with E-state index in [1.165, 1.54) is 12.1 Å². The Morgan fingerprint density at radius 2 is 1.85 bits per heavy atom. The zero-order valence-electron chi connectivity index (χ0n) is 22.5. The third-order valence-corrected chi connectivity index (χ3v) is 7.46. The smallest absolute Gasteiger partial charge is 0.410 e. The minimum absolute atomic E-state index is 0.0715. The lowest BCUT2D eigenvalue weighted by atomic mass is 10.0. The van der Waals surface area contributed by atoms with Crippen LogP contribution < -0.4 is 9.88 Å². The first-order valence-electron chi connectivity index (χ1n) is 13.2. The van der Waals surface area contributed by atoms with Crippen molar-refractivity contribution in [2.75, 3.05) is 26.3 Å². The molecule has 0 bridgehead atoms. The van der Waals surface area contributed by atoms with Crippen LogP contribution in [0.2, 0.25) is 0 Å². The number of primary sulfonamides is 1. The number of nitrogens with zero attached hydrogens (tertiary/aromatic N) is 1. The van der Waals surface area contributed by atoms with Gasteiger partial charge in [0.2, 0.25) is 15.8 Å². The molecule has 1 atom stereocenters. The highest BCUT2D eigenvalue weighted by Crippen LogP contribution is 2.35. The first-order valence-corrected chi connectivity index (χ1v) is 14.8. The Hall–Kier alpha value is -3.10. The van der Waals surface area contributed by atoms with Gasteiger partial charge in [0.15, 0.2) is 0 Å². The van der Waals surface area contributed by atoms with Gasteiger partial charge < -0.3 is 23.8 Å². The maximum absolute atomic E-state index is 12.4.